The largest absolute Gasteiger partial charge is 0.348 e. The number of nitrogens with one attached hydrogen (secondary N) is 1. The Morgan fingerprint density at radius 1 is 1.24 bits per heavy atom. The lowest BCUT2D eigenvalue weighted by Crippen LogP contribution is -2.23. The van der Waals surface area contributed by atoms with Crippen LogP contribution in [0.2, 0.25) is 0 Å². The van der Waals surface area contributed by atoms with Gasteiger partial charge in [0, 0.05) is 31.1 Å². The molecule has 2 aromatic heterocycles. The first-order chi connectivity index (χ1) is 12.1. The summed E-state index contributed by atoms with van der Waals surface area (Å²) in [5.41, 5.74) is 2.65. The summed E-state index contributed by atoms with van der Waals surface area (Å²) in [5.74, 6) is -0.241. The van der Waals surface area contributed by atoms with Crippen molar-refractivity contribution in [1.82, 2.24) is 20.1 Å². The molecular weight excluding hydrogens is 322 g/mol. The van der Waals surface area contributed by atoms with Crippen LogP contribution in [0.4, 0.5) is 5.69 Å². The fourth-order valence-corrected chi connectivity index (χ4v) is 2.39. The van der Waals surface area contributed by atoms with Crippen molar-refractivity contribution in [2.75, 3.05) is 0 Å². The molecule has 0 radical (unpaired) electrons. The molecule has 0 saturated heterocycles. The number of amides is 1. The molecule has 0 aliphatic carbocycles. The Balaban J connectivity index is 1.76. The van der Waals surface area contributed by atoms with Crippen LogP contribution >= 0.6 is 0 Å². The monoisotopic (exact) mass is 337 g/mol. The van der Waals surface area contributed by atoms with E-state index in [0.29, 0.717) is 23.5 Å². The third-order valence-electron chi connectivity index (χ3n) is 3.74. The molecule has 8 heteroatoms. The molecule has 0 aliphatic heterocycles. The van der Waals surface area contributed by atoms with Crippen molar-refractivity contribution in [2.24, 2.45) is 0 Å². The number of non-ortho nitro benzene ring substituents is 1. The summed E-state index contributed by atoms with van der Waals surface area (Å²) in [7, 11) is 0. The highest BCUT2D eigenvalue weighted by Gasteiger charge is 2.15. The molecule has 0 spiro atoms. The number of carbonyl (C=O) groups excluding carboxylic acids is 1. The number of rotatable bonds is 5. The molecule has 25 heavy (non-hydrogen) atoms. The summed E-state index contributed by atoms with van der Waals surface area (Å²) in [5, 5.41) is 17.8. The van der Waals surface area contributed by atoms with Gasteiger partial charge in [0.05, 0.1) is 28.1 Å². The van der Waals surface area contributed by atoms with Gasteiger partial charge in [-0.3, -0.25) is 19.9 Å². The summed E-state index contributed by atoms with van der Waals surface area (Å²) in [6.45, 7) is 2.14. The first kappa shape index (κ1) is 16.3. The van der Waals surface area contributed by atoms with Gasteiger partial charge in [0.1, 0.15) is 0 Å². The molecule has 1 aromatic carbocycles. The topological polar surface area (TPSA) is 103 Å². The number of hydrogen-bond acceptors (Lipinski definition) is 5. The second kappa shape index (κ2) is 6.91. The summed E-state index contributed by atoms with van der Waals surface area (Å²) in [4.78, 5) is 26.6. The Morgan fingerprint density at radius 2 is 2.00 bits per heavy atom. The average molecular weight is 337 g/mol. The van der Waals surface area contributed by atoms with E-state index < -0.39 is 4.92 Å². The number of carbonyl (C=O) groups is 1. The average Bonchev–Trinajstić information content (AvgIpc) is 3.02. The van der Waals surface area contributed by atoms with Crippen molar-refractivity contribution in [1.29, 1.82) is 0 Å². The van der Waals surface area contributed by atoms with Gasteiger partial charge in [-0.05, 0) is 30.7 Å². The van der Waals surface area contributed by atoms with Crippen LogP contribution in [0, 0.1) is 17.0 Å². The summed E-state index contributed by atoms with van der Waals surface area (Å²) < 4.78 is 1.57. The van der Waals surface area contributed by atoms with Crippen LogP contribution in [0.5, 0.6) is 0 Å². The van der Waals surface area contributed by atoms with Gasteiger partial charge in [0.25, 0.3) is 11.6 Å². The second-order valence-corrected chi connectivity index (χ2v) is 5.37. The van der Waals surface area contributed by atoms with Gasteiger partial charge in [0.2, 0.25) is 0 Å². The normalized spacial score (nSPS) is 10.4. The van der Waals surface area contributed by atoms with E-state index in [9.17, 15) is 14.9 Å². The van der Waals surface area contributed by atoms with Crippen LogP contribution in [0.15, 0.2) is 55.0 Å². The molecular formula is C17H15N5O3. The Labute approximate surface area is 143 Å². The molecule has 3 rings (SSSR count). The molecule has 1 amide bonds. The number of hydrogen-bond donors (Lipinski definition) is 1. The third-order valence-corrected chi connectivity index (χ3v) is 3.74. The Morgan fingerprint density at radius 3 is 2.64 bits per heavy atom. The molecule has 0 atom stereocenters. The summed E-state index contributed by atoms with van der Waals surface area (Å²) in [6.07, 6.45) is 4.84. The van der Waals surface area contributed by atoms with Crippen molar-refractivity contribution in [3.63, 3.8) is 0 Å². The molecule has 0 unspecified atom stereocenters. The maximum atomic E-state index is 12.4. The molecule has 0 bridgehead atoms. The fraction of sp³-hybridized carbons (Fsp3) is 0.118. The first-order valence-corrected chi connectivity index (χ1v) is 7.53. The number of pyridine rings is 1. The zero-order valence-corrected chi connectivity index (χ0v) is 13.4. The van der Waals surface area contributed by atoms with Crippen molar-refractivity contribution < 1.29 is 9.72 Å². The van der Waals surface area contributed by atoms with Gasteiger partial charge in [-0.2, -0.15) is 5.10 Å². The van der Waals surface area contributed by atoms with Gasteiger partial charge in [-0.15, -0.1) is 0 Å². The maximum Gasteiger partial charge on any atom is 0.269 e. The van der Waals surface area contributed by atoms with Crippen molar-refractivity contribution in [3.05, 3.63) is 81.9 Å². The van der Waals surface area contributed by atoms with Crippen LogP contribution in [0.3, 0.4) is 0 Å². The van der Waals surface area contributed by atoms with Crippen LogP contribution in [0.1, 0.15) is 21.6 Å². The number of benzene rings is 1. The van der Waals surface area contributed by atoms with E-state index in [1.165, 1.54) is 18.3 Å². The zero-order valence-electron chi connectivity index (χ0n) is 13.4. The minimum atomic E-state index is -0.461. The fourth-order valence-electron chi connectivity index (χ4n) is 2.39. The van der Waals surface area contributed by atoms with Gasteiger partial charge in [-0.25, -0.2) is 4.68 Å². The van der Waals surface area contributed by atoms with E-state index in [-0.39, 0.29) is 11.6 Å². The summed E-state index contributed by atoms with van der Waals surface area (Å²) in [6, 6.07) is 9.67. The van der Waals surface area contributed by atoms with E-state index in [2.05, 4.69) is 15.4 Å². The molecule has 0 fully saturated rings. The van der Waals surface area contributed by atoms with E-state index >= 15 is 0 Å². The Bertz CT molecular complexity index is 904. The lowest BCUT2D eigenvalue weighted by molar-refractivity contribution is -0.384. The molecule has 2 heterocycles. The van der Waals surface area contributed by atoms with E-state index in [0.717, 1.165) is 5.56 Å². The highest BCUT2D eigenvalue weighted by molar-refractivity contribution is 5.95. The SMILES string of the molecule is Cc1c(C(=O)NCc2cccnc2)cnn1-c1ccc([N+](=O)[O-])cc1. The van der Waals surface area contributed by atoms with Gasteiger partial charge >= 0.3 is 0 Å². The molecule has 126 valence electrons. The lowest BCUT2D eigenvalue weighted by atomic mass is 10.2. The molecule has 0 saturated carbocycles. The van der Waals surface area contributed by atoms with Crippen LogP contribution in [-0.4, -0.2) is 25.6 Å². The maximum absolute atomic E-state index is 12.4. The van der Waals surface area contributed by atoms with Crippen LogP contribution in [-0.2, 0) is 6.54 Å². The minimum Gasteiger partial charge on any atom is -0.348 e. The Kier molecular flexibility index (Phi) is 4.51. The van der Waals surface area contributed by atoms with Gasteiger partial charge in [-0.1, -0.05) is 6.07 Å². The highest BCUT2D eigenvalue weighted by atomic mass is 16.6. The number of nitro benzene ring substituents is 1. The molecule has 8 nitrogen and oxygen atoms in total. The van der Waals surface area contributed by atoms with Crippen molar-refractivity contribution in [3.8, 4) is 5.69 Å². The third kappa shape index (κ3) is 3.52. The second-order valence-electron chi connectivity index (χ2n) is 5.37. The number of nitrogens with zero attached hydrogens (tertiary/aromatic N) is 4. The lowest BCUT2D eigenvalue weighted by Gasteiger charge is -2.06. The smallest absolute Gasteiger partial charge is 0.269 e. The van der Waals surface area contributed by atoms with Crippen LogP contribution in [0.25, 0.3) is 5.69 Å². The standard InChI is InChI=1S/C17H15N5O3/c1-12-16(17(23)19-10-13-3-2-8-18-9-13)11-20-21(12)14-4-6-15(7-5-14)22(24)25/h2-9,11H,10H2,1H3,(H,19,23). The van der Waals surface area contributed by atoms with Crippen LogP contribution < -0.4 is 5.32 Å². The molecule has 1 N–H and O–H groups in total. The predicted molar refractivity (Wildman–Crippen MR) is 90.4 cm³/mol. The van der Waals surface area contributed by atoms with Crippen molar-refractivity contribution in [2.45, 2.75) is 13.5 Å². The molecule has 0 aliphatic rings. The van der Waals surface area contributed by atoms with E-state index in [1.54, 1.807) is 42.2 Å². The first-order valence-electron chi connectivity index (χ1n) is 7.53. The van der Waals surface area contributed by atoms with E-state index in [1.807, 2.05) is 6.07 Å². The summed E-state index contributed by atoms with van der Waals surface area (Å²) >= 11 is 0. The van der Waals surface area contributed by atoms with Gasteiger partial charge < -0.3 is 5.32 Å². The Hall–Kier alpha value is -3.55. The minimum absolute atomic E-state index is 0.00277. The predicted octanol–water partition coefficient (Wildman–Crippen LogP) is 2.41. The quantitative estimate of drug-likeness (QED) is 0.569. The zero-order chi connectivity index (χ0) is 17.8. The highest BCUT2D eigenvalue weighted by Crippen LogP contribution is 2.18. The molecule has 3 aromatic rings. The van der Waals surface area contributed by atoms with E-state index in [4.69, 9.17) is 0 Å². The van der Waals surface area contributed by atoms with Crippen molar-refractivity contribution >= 4 is 11.6 Å². The van der Waals surface area contributed by atoms with Gasteiger partial charge in [0.15, 0.2) is 0 Å². The number of aromatic nitrogens is 3. The number of nitro groups is 1.